The van der Waals surface area contributed by atoms with Gasteiger partial charge in [0, 0.05) is 17.7 Å². The molecular weight excluding hydrogens is 363 g/mol. The second-order valence-electron chi connectivity index (χ2n) is 5.97. The Morgan fingerprint density at radius 2 is 2.04 bits per heavy atom. The quantitative estimate of drug-likeness (QED) is 0.489. The van der Waals surface area contributed by atoms with Gasteiger partial charge in [-0.25, -0.2) is 4.98 Å². The van der Waals surface area contributed by atoms with Gasteiger partial charge in [0.25, 0.3) is 0 Å². The fourth-order valence-corrected chi connectivity index (χ4v) is 6.53. The maximum atomic E-state index is 5.99. The second-order valence-corrected chi connectivity index (χ2v) is 12.4. The van der Waals surface area contributed by atoms with Crippen LogP contribution in [-0.4, -0.2) is 28.4 Å². The van der Waals surface area contributed by atoms with Gasteiger partial charge in [-0.05, 0) is 51.8 Å². The normalized spacial score (nSPS) is 17.0. The molecule has 1 aromatic rings. The molecular formula is C16H27N2O3PS2. The summed E-state index contributed by atoms with van der Waals surface area (Å²) in [5.41, 5.74) is -1.50. The van der Waals surface area contributed by atoms with Gasteiger partial charge in [-0.2, -0.15) is 4.98 Å². The molecule has 0 radical (unpaired) electrons. The summed E-state index contributed by atoms with van der Waals surface area (Å²) in [7, 11) is 0. The average molecular weight is 391 g/mol. The van der Waals surface area contributed by atoms with Gasteiger partial charge in [0.15, 0.2) is 0 Å². The summed E-state index contributed by atoms with van der Waals surface area (Å²) in [6.07, 6.45) is 3.42. The van der Waals surface area contributed by atoms with Crippen molar-refractivity contribution in [3.05, 3.63) is 17.6 Å². The van der Waals surface area contributed by atoms with Crippen LogP contribution in [0, 0.1) is 0 Å². The van der Waals surface area contributed by atoms with E-state index in [1.165, 1.54) is 0 Å². The molecule has 1 atom stereocenters. The van der Waals surface area contributed by atoms with E-state index in [9.17, 15) is 0 Å². The molecule has 0 unspecified atom stereocenters. The Hall–Kier alpha value is -0.200. The highest BCUT2D eigenvalue weighted by Crippen LogP contribution is 2.61. The molecule has 1 aliphatic carbocycles. The molecule has 1 saturated carbocycles. The van der Waals surface area contributed by atoms with E-state index in [0.29, 0.717) is 25.0 Å². The fraction of sp³-hybridized carbons (Fsp3) is 0.750. The van der Waals surface area contributed by atoms with Gasteiger partial charge < -0.3 is 13.8 Å². The van der Waals surface area contributed by atoms with Crippen LogP contribution in [0.3, 0.4) is 0 Å². The molecule has 0 bridgehead atoms. The highest BCUT2D eigenvalue weighted by Gasteiger charge is 2.28. The van der Waals surface area contributed by atoms with Gasteiger partial charge in [-0.1, -0.05) is 18.3 Å². The zero-order valence-electron chi connectivity index (χ0n) is 14.9. The van der Waals surface area contributed by atoms with E-state index in [-0.39, 0.29) is 6.10 Å². The number of hydrogen-bond donors (Lipinski definition) is 0. The second kappa shape index (κ2) is 9.48. The molecule has 1 aliphatic rings. The van der Waals surface area contributed by atoms with Gasteiger partial charge in [0.05, 0.1) is 25.0 Å². The number of hydrogen-bond acceptors (Lipinski definition) is 7. The molecule has 1 heterocycles. The molecule has 2 rings (SSSR count). The first kappa shape index (κ1) is 20.1. The van der Waals surface area contributed by atoms with Crippen molar-refractivity contribution in [3.63, 3.8) is 0 Å². The Balaban J connectivity index is 2.09. The SMILES string of the molecule is CCCS[P@@](=S)(OCC)OCc1cc(OC(C)C)nc(C2CC2)n1. The van der Waals surface area contributed by atoms with Crippen molar-refractivity contribution in [3.8, 4) is 5.88 Å². The Morgan fingerprint density at radius 1 is 1.29 bits per heavy atom. The lowest BCUT2D eigenvalue weighted by molar-refractivity contribution is 0.228. The summed E-state index contributed by atoms with van der Waals surface area (Å²) < 4.78 is 17.5. The van der Waals surface area contributed by atoms with Crippen LogP contribution in [0.1, 0.15) is 64.4 Å². The van der Waals surface area contributed by atoms with Crippen LogP contribution in [-0.2, 0) is 27.5 Å². The summed E-state index contributed by atoms with van der Waals surface area (Å²) in [6.45, 7) is 8.95. The first-order chi connectivity index (χ1) is 11.5. The lowest BCUT2D eigenvalue weighted by Crippen LogP contribution is -2.10. The van der Waals surface area contributed by atoms with Gasteiger partial charge in [0.1, 0.15) is 5.82 Å². The highest BCUT2D eigenvalue weighted by atomic mass is 32.9. The Kier molecular flexibility index (Phi) is 7.95. The topological polar surface area (TPSA) is 53.5 Å². The third-order valence-corrected chi connectivity index (χ3v) is 8.82. The van der Waals surface area contributed by atoms with Gasteiger partial charge >= 0.3 is 0 Å². The largest absolute Gasteiger partial charge is 0.475 e. The minimum Gasteiger partial charge on any atom is -0.475 e. The summed E-state index contributed by atoms with van der Waals surface area (Å²) in [5.74, 6) is 2.88. The molecule has 8 heteroatoms. The minimum absolute atomic E-state index is 0.0785. The Morgan fingerprint density at radius 3 is 2.62 bits per heavy atom. The van der Waals surface area contributed by atoms with E-state index in [1.54, 1.807) is 11.4 Å². The first-order valence-corrected chi connectivity index (χ1v) is 12.8. The zero-order valence-corrected chi connectivity index (χ0v) is 17.4. The van der Waals surface area contributed by atoms with Gasteiger partial charge in [-0.15, -0.1) is 0 Å². The molecule has 0 amide bonds. The summed E-state index contributed by atoms with van der Waals surface area (Å²) >= 11 is 7.23. The van der Waals surface area contributed by atoms with E-state index in [1.807, 2.05) is 26.8 Å². The molecule has 0 N–H and O–H groups in total. The van der Waals surface area contributed by atoms with Crippen molar-refractivity contribution in [2.75, 3.05) is 12.4 Å². The standard InChI is InChI=1S/C16H27N2O3PS2/c1-5-9-24-22(23,19-6-2)20-11-14-10-15(21-12(3)4)18-16(17-14)13-7-8-13/h10,12-13H,5-9,11H2,1-4H3/t22-/m0/s1. The monoisotopic (exact) mass is 390 g/mol. The van der Waals surface area contributed by atoms with Gasteiger partial charge in [0.2, 0.25) is 11.6 Å². The number of nitrogens with zero attached hydrogens (tertiary/aromatic N) is 2. The van der Waals surface area contributed by atoms with Crippen LogP contribution in [0.2, 0.25) is 0 Å². The minimum atomic E-state index is -2.32. The van der Waals surface area contributed by atoms with Crippen molar-refractivity contribution >= 4 is 28.9 Å². The lowest BCUT2D eigenvalue weighted by Gasteiger charge is -2.20. The van der Waals surface area contributed by atoms with Crippen molar-refractivity contribution in [1.29, 1.82) is 0 Å². The maximum Gasteiger partial charge on any atom is 0.247 e. The third kappa shape index (κ3) is 6.60. The van der Waals surface area contributed by atoms with Crippen LogP contribution in [0.4, 0.5) is 0 Å². The number of rotatable bonds is 11. The molecule has 0 aliphatic heterocycles. The molecule has 1 aromatic heterocycles. The van der Waals surface area contributed by atoms with E-state index >= 15 is 0 Å². The van der Waals surface area contributed by atoms with Gasteiger partial charge in [-0.3, -0.25) is 0 Å². The predicted octanol–water partition coefficient (Wildman–Crippen LogP) is 5.06. The smallest absolute Gasteiger partial charge is 0.247 e. The molecule has 5 nitrogen and oxygen atoms in total. The zero-order chi connectivity index (χ0) is 17.6. The number of aromatic nitrogens is 2. The Bertz CT molecular complexity index is 582. The molecule has 24 heavy (non-hydrogen) atoms. The van der Waals surface area contributed by atoms with Crippen molar-refractivity contribution in [1.82, 2.24) is 9.97 Å². The fourth-order valence-electron chi connectivity index (χ4n) is 2.01. The van der Waals surface area contributed by atoms with E-state index in [4.69, 9.17) is 25.6 Å². The van der Waals surface area contributed by atoms with Crippen LogP contribution >= 0.6 is 17.1 Å². The molecule has 0 saturated heterocycles. The maximum absolute atomic E-state index is 5.99. The van der Waals surface area contributed by atoms with E-state index < -0.39 is 5.69 Å². The van der Waals surface area contributed by atoms with Crippen molar-refractivity contribution in [2.24, 2.45) is 0 Å². The summed E-state index contributed by atoms with van der Waals surface area (Å²) in [6, 6.07) is 1.85. The molecule has 0 spiro atoms. The van der Waals surface area contributed by atoms with Crippen molar-refractivity contribution < 1.29 is 13.8 Å². The Labute approximate surface area is 154 Å². The average Bonchev–Trinajstić information content (AvgIpc) is 3.35. The highest BCUT2D eigenvalue weighted by molar-refractivity contribution is 8.67. The summed E-state index contributed by atoms with van der Waals surface area (Å²) in [5, 5.41) is 0. The third-order valence-electron chi connectivity index (χ3n) is 3.18. The van der Waals surface area contributed by atoms with E-state index in [0.717, 1.165) is 36.5 Å². The molecule has 1 fully saturated rings. The lowest BCUT2D eigenvalue weighted by atomic mass is 10.3. The first-order valence-electron chi connectivity index (χ1n) is 8.54. The molecule has 0 aromatic carbocycles. The predicted molar refractivity (Wildman–Crippen MR) is 103 cm³/mol. The number of ether oxygens (including phenoxy) is 1. The van der Waals surface area contributed by atoms with Crippen LogP contribution < -0.4 is 4.74 Å². The van der Waals surface area contributed by atoms with Crippen LogP contribution in [0.5, 0.6) is 5.88 Å². The van der Waals surface area contributed by atoms with Crippen LogP contribution in [0.25, 0.3) is 0 Å². The van der Waals surface area contributed by atoms with E-state index in [2.05, 4.69) is 16.9 Å². The van der Waals surface area contributed by atoms with Crippen molar-refractivity contribution in [2.45, 2.75) is 65.6 Å². The summed E-state index contributed by atoms with van der Waals surface area (Å²) in [4.78, 5) is 9.16. The van der Waals surface area contributed by atoms with Crippen LogP contribution in [0.15, 0.2) is 6.07 Å². The molecule has 136 valence electrons.